The van der Waals surface area contributed by atoms with E-state index in [9.17, 15) is 0 Å². The van der Waals surface area contributed by atoms with Crippen molar-refractivity contribution in [3.8, 4) is 0 Å². The predicted molar refractivity (Wildman–Crippen MR) is 80.7 cm³/mol. The Hall–Kier alpha value is 0.423. The molecule has 0 bridgehead atoms. The summed E-state index contributed by atoms with van der Waals surface area (Å²) in [5, 5.41) is 0. The summed E-state index contributed by atoms with van der Waals surface area (Å²) in [5.41, 5.74) is 5.42. The third-order valence-electron chi connectivity index (χ3n) is 2.64. The molecule has 0 N–H and O–H groups in total. The molecule has 2 rings (SSSR count). The molecule has 18 heavy (non-hydrogen) atoms. The van der Waals surface area contributed by atoms with Crippen LogP contribution in [0.25, 0.3) is 0 Å². The van der Waals surface area contributed by atoms with Crippen molar-refractivity contribution in [2.75, 3.05) is 0 Å². The van der Waals surface area contributed by atoms with Crippen LogP contribution in [-0.2, 0) is 26.2 Å². The van der Waals surface area contributed by atoms with Crippen LogP contribution in [0.4, 0.5) is 0 Å². The third kappa shape index (κ3) is 8.51. The van der Waals surface area contributed by atoms with E-state index in [1.165, 1.54) is 22.3 Å². The van der Waals surface area contributed by atoms with Gasteiger partial charge in [0.2, 0.25) is 0 Å². The number of hydrogen-bond donors (Lipinski definition) is 0. The van der Waals surface area contributed by atoms with Gasteiger partial charge in [0.25, 0.3) is 0 Å². The zero-order valence-electron chi connectivity index (χ0n) is 11.8. The largest absolute Gasteiger partial charge is 2.00 e. The van der Waals surface area contributed by atoms with E-state index >= 15 is 0 Å². The molecule has 0 nitrogen and oxygen atoms in total. The second kappa shape index (κ2) is 11.3. The van der Waals surface area contributed by atoms with Gasteiger partial charge in [0.05, 0.1) is 0 Å². The minimum Gasteiger partial charge on any atom is -0.270 e. The first-order valence-electron chi connectivity index (χ1n) is 5.52. The molecule has 100 valence electrons. The van der Waals surface area contributed by atoms with E-state index in [0.29, 0.717) is 5.92 Å². The standard InChI is InChI=1S/C8H11.C7H9.2ClH.Zr/c1-6-4-7(2)8(3)5-6;1-6-3-4-7(2)5-6;;;/h4,6H,1-3H3;5H,3H2,1-2H3;2*1H;/q2*-1;;;+2. The van der Waals surface area contributed by atoms with E-state index in [2.05, 4.69) is 58.9 Å². The summed E-state index contributed by atoms with van der Waals surface area (Å²) in [6.45, 7) is 10.6. The Kier molecular flexibility index (Phi) is 14.7. The Morgan fingerprint density at radius 1 is 1.11 bits per heavy atom. The molecule has 0 aromatic heterocycles. The minimum atomic E-state index is 0. The zero-order chi connectivity index (χ0) is 11.4. The molecule has 0 aromatic carbocycles. The maximum atomic E-state index is 3.29. The summed E-state index contributed by atoms with van der Waals surface area (Å²) in [5.74, 6) is 0.551. The molecule has 1 atom stereocenters. The fourth-order valence-electron chi connectivity index (χ4n) is 1.75. The van der Waals surface area contributed by atoms with Crippen LogP contribution < -0.4 is 0 Å². The van der Waals surface area contributed by atoms with Crippen molar-refractivity contribution >= 4 is 24.8 Å². The van der Waals surface area contributed by atoms with Crippen LogP contribution in [-0.4, -0.2) is 0 Å². The van der Waals surface area contributed by atoms with Crippen LogP contribution in [0.2, 0.25) is 0 Å². The molecule has 2 aliphatic rings. The molecule has 2 aliphatic carbocycles. The predicted octanol–water partition coefficient (Wildman–Crippen LogP) is 5.26. The van der Waals surface area contributed by atoms with E-state index in [1.54, 1.807) is 0 Å². The first kappa shape index (κ1) is 23.5. The summed E-state index contributed by atoms with van der Waals surface area (Å²) in [6.07, 6.45) is 11.9. The SMILES string of the molecule is CC1=[C-]C(C)C=C1C.CC1=[C-]CC(C)=C1.Cl.Cl.[Zr+2]. The van der Waals surface area contributed by atoms with Gasteiger partial charge in [-0.25, -0.2) is 22.8 Å². The van der Waals surface area contributed by atoms with Crippen LogP contribution >= 0.6 is 24.8 Å². The number of hydrogen-bond acceptors (Lipinski definition) is 0. The average molecular weight is 364 g/mol. The Morgan fingerprint density at radius 2 is 1.67 bits per heavy atom. The van der Waals surface area contributed by atoms with Gasteiger partial charge in [-0.1, -0.05) is 33.6 Å². The maximum absolute atomic E-state index is 3.29. The molecular formula is C15H22Cl2Zr. The van der Waals surface area contributed by atoms with Gasteiger partial charge in [-0.2, -0.15) is 11.6 Å². The summed E-state index contributed by atoms with van der Waals surface area (Å²) >= 11 is 0. The number of halogens is 2. The van der Waals surface area contributed by atoms with Gasteiger partial charge < -0.3 is 0 Å². The fourth-order valence-corrected chi connectivity index (χ4v) is 1.75. The molecule has 0 saturated carbocycles. The van der Waals surface area contributed by atoms with E-state index < -0.39 is 0 Å². The van der Waals surface area contributed by atoms with Crippen molar-refractivity contribution in [2.45, 2.75) is 41.0 Å². The number of rotatable bonds is 0. The Bertz CT molecular complexity index is 345. The van der Waals surface area contributed by atoms with E-state index in [1.807, 2.05) is 0 Å². The van der Waals surface area contributed by atoms with Crippen LogP contribution in [0, 0.1) is 18.1 Å². The summed E-state index contributed by atoms with van der Waals surface area (Å²) < 4.78 is 0. The summed E-state index contributed by atoms with van der Waals surface area (Å²) in [6, 6.07) is 0. The molecule has 0 spiro atoms. The number of allylic oxidation sites excluding steroid dienone is 8. The van der Waals surface area contributed by atoms with Gasteiger partial charge in [0, 0.05) is 0 Å². The van der Waals surface area contributed by atoms with Gasteiger partial charge in [0.1, 0.15) is 0 Å². The smallest absolute Gasteiger partial charge is 0.270 e. The van der Waals surface area contributed by atoms with E-state index in [0.717, 1.165) is 6.42 Å². The molecular weight excluding hydrogens is 342 g/mol. The van der Waals surface area contributed by atoms with Crippen molar-refractivity contribution < 1.29 is 26.2 Å². The Morgan fingerprint density at radius 3 is 1.78 bits per heavy atom. The Labute approximate surface area is 144 Å². The Balaban J connectivity index is -0.000000215. The van der Waals surface area contributed by atoms with Crippen molar-refractivity contribution in [2.24, 2.45) is 5.92 Å². The first-order chi connectivity index (χ1) is 6.99. The van der Waals surface area contributed by atoms with Gasteiger partial charge in [-0.15, -0.1) is 38.2 Å². The molecule has 3 heteroatoms. The van der Waals surface area contributed by atoms with Crippen molar-refractivity contribution in [1.29, 1.82) is 0 Å². The monoisotopic (exact) mass is 362 g/mol. The average Bonchev–Trinajstić information content (AvgIpc) is 2.61. The molecule has 0 saturated heterocycles. The molecule has 0 aliphatic heterocycles. The van der Waals surface area contributed by atoms with Crippen LogP contribution in [0.1, 0.15) is 41.0 Å². The van der Waals surface area contributed by atoms with Crippen LogP contribution in [0.15, 0.2) is 34.4 Å². The first-order valence-corrected chi connectivity index (χ1v) is 5.52. The molecule has 0 heterocycles. The minimum absolute atomic E-state index is 0. The quantitative estimate of drug-likeness (QED) is 0.515. The van der Waals surface area contributed by atoms with E-state index in [4.69, 9.17) is 0 Å². The van der Waals surface area contributed by atoms with Gasteiger partial charge in [0.15, 0.2) is 0 Å². The second-order valence-corrected chi connectivity index (χ2v) is 4.43. The topological polar surface area (TPSA) is 0 Å². The molecule has 0 fully saturated rings. The fraction of sp³-hybridized carbons (Fsp3) is 0.467. The van der Waals surface area contributed by atoms with Crippen LogP contribution in [0.3, 0.4) is 0 Å². The van der Waals surface area contributed by atoms with Gasteiger partial charge in [-0.3, -0.25) is 12.2 Å². The summed E-state index contributed by atoms with van der Waals surface area (Å²) in [7, 11) is 0. The second-order valence-electron chi connectivity index (χ2n) is 4.43. The molecule has 0 amide bonds. The molecule has 0 radical (unpaired) electrons. The van der Waals surface area contributed by atoms with Crippen molar-refractivity contribution in [1.82, 2.24) is 0 Å². The van der Waals surface area contributed by atoms with Crippen molar-refractivity contribution in [3.05, 3.63) is 46.6 Å². The summed E-state index contributed by atoms with van der Waals surface area (Å²) in [4.78, 5) is 0. The van der Waals surface area contributed by atoms with Gasteiger partial charge in [-0.05, 0) is 0 Å². The zero-order valence-corrected chi connectivity index (χ0v) is 15.8. The van der Waals surface area contributed by atoms with Gasteiger partial charge >= 0.3 is 26.2 Å². The normalized spacial score (nSPS) is 19.7. The van der Waals surface area contributed by atoms with Crippen molar-refractivity contribution in [3.63, 3.8) is 0 Å². The van der Waals surface area contributed by atoms with E-state index in [-0.39, 0.29) is 51.0 Å². The van der Waals surface area contributed by atoms with Crippen LogP contribution in [0.5, 0.6) is 0 Å². The molecule has 0 aromatic rings. The maximum Gasteiger partial charge on any atom is 2.00 e. The molecule has 1 unspecified atom stereocenters. The third-order valence-corrected chi connectivity index (χ3v) is 2.64.